The van der Waals surface area contributed by atoms with Gasteiger partial charge in [-0.2, -0.15) is 4.31 Å². The summed E-state index contributed by atoms with van der Waals surface area (Å²) in [6, 6.07) is 1.40. The number of aromatic nitrogens is 1. The Balaban J connectivity index is 1.40. The van der Waals surface area contributed by atoms with Gasteiger partial charge in [0.1, 0.15) is 10.7 Å². The van der Waals surface area contributed by atoms with Crippen LogP contribution in [-0.2, 0) is 16.6 Å². The molecule has 0 unspecified atom stereocenters. The van der Waals surface area contributed by atoms with E-state index in [-0.39, 0.29) is 22.3 Å². The fourth-order valence-electron chi connectivity index (χ4n) is 3.87. The lowest BCUT2D eigenvalue weighted by Gasteiger charge is -2.33. The molecule has 2 saturated heterocycles. The summed E-state index contributed by atoms with van der Waals surface area (Å²) in [4.78, 5) is 21.5. The Hall–Kier alpha value is -1.75. The van der Waals surface area contributed by atoms with Gasteiger partial charge in [0.2, 0.25) is 10.0 Å². The van der Waals surface area contributed by atoms with Crippen LogP contribution in [0.5, 0.6) is 0 Å². The second-order valence-corrected chi connectivity index (χ2v) is 10.5. The first-order chi connectivity index (χ1) is 13.8. The molecule has 0 spiro atoms. The van der Waals surface area contributed by atoms with Crippen LogP contribution in [0.25, 0.3) is 0 Å². The number of thiazole rings is 1. The molecule has 29 heavy (non-hydrogen) atoms. The van der Waals surface area contributed by atoms with Crippen LogP contribution >= 0.6 is 11.3 Å². The number of carbonyl (C=O) groups is 1. The van der Waals surface area contributed by atoms with Crippen molar-refractivity contribution in [3.05, 3.63) is 33.7 Å². The van der Waals surface area contributed by atoms with Gasteiger partial charge >= 0.3 is 0 Å². The van der Waals surface area contributed by atoms with Gasteiger partial charge in [-0.25, -0.2) is 13.4 Å². The molecule has 4 rings (SSSR count). The maximum Gasteiger partial charge on any atom is 0.289 e. The Bertz CT molecular complexity index is 984. The van der Waals surface area contributed by atoms with Crippen LogP contribution < -0.4 is 0 Å². The molecular weight excluding hydrogens is 412 g/mol. The topological polar surface area (TPSA) is 87.0 Å². The standard InChI is InChI=1S/C19H26N4O4S2/c1-14-18(29(25,26)23-5-3-4-6-23)11-17(27-14)19(24)22-9-7-21(8-10-22)12-16-13-28-15(2)20-16/h11,13H,3-10,12H2,1-2H3. The first-order valence-corrected chi connectivity index (χ1v) is 12.2. The number of amides is 1. The molecule has 0 N–H and O–H groups in total. The van der Waals surface area contributed by atoms with Gasteiger partial charge in [0.15, 0.2) is 5.76 Å². The minimum absolute atomic E-state index is 0.101. The van der Waals surface area contributed by atoms with Crippen LogP contribution in [0.4, 0.5) is 0 Å². The predicted octanol–water partition coefficient (Wildman–Crippen LogP) is 2.10. The van der Waals surface area contributed by atoms with E-state index in [1.807, 2.05) is 6.92 Å². The molecule has 0 bridgehead atoms. The lowest BCUT2D eigenvalue weighted by Crippen LogP contribution is -2.48. The smallest absolute Gasteiger partial charge is 0.289 e. The third-order valence-corrected chi connectivity index (χ3v) is 8.31. The number of carbonyl (C=O) groups excluding carboxylic acids is 1. The van der Waals surface area contributed by atoms with E-state index < -0.39 is 10.0 Å². The highest BCUT2D eigenvalue weighted by atomic mass is 32.2. The Morgan fingerprint density at radius 3 is 2.45 bits per heavy atom. The van der Waals surface area contributed by atoms with Gasteiger partial charge < -0.3 is 9.32 Å². The summed E-state index contributed by atoms with van der Waals surface area (Å²) in [5, 5.41) is 3.13. The molecule has 0 atom stereocenters. The Morgan fingerprint density at radius 1 is 1.14 bits per heavy atom. The summed E-state index contributed by atoms with van der Waals surface area (Å²) < 4.78 is 32.7. The molecule has 8 nitrogen and oxygen atoms in total. The molecule has 2 aromatic heterocycles. The van der Waals surface area contributed by atoms with E-state index in [4.69, 9.17) is 4.42 Å². The number of sulfonamides is 1. The lowest BCUT2D eigenvalue weighted by molar-refractivity contribution is 0.0595. The number of hydrogen-bond acceptors (Lipinski definition) is 7. The number of hydrogen-bond donors (Lipinski definition) is 0. The van der Waals surface area contributed by atoms with Crippen molar-refractivity contribution in [2.45, 2.75) is 38.1 Å². The molecule has 4 heterocycles. The van der Waals surface area contributed by atoms with Gasteiger partial charge in [-0.3, -0.25) is 9.69 Å². The monoisotopic (exact) mass is 438 g/mol. The van der Waals surface area contributed by atoms with Gasteiger partial charge in [-0.1, -0.05) is 0 Å². The molecule has 0 saturated carbocycles. The third-order valence-electron chi connectivity index (χ3n) is 5.48. The van der Waals surface area contributed by atoms with Gasteiger partial charge in [0, 0.05) is 57.3 Å². The SMILES string of the molecule is Cc1nc(CN2CCN(C(=O)c3cc(S(=O)(=O)N4CCCC4)c(C)o3)CC2)cs1. The molecule has 1 amide bonds. The van der Waals surface area contributed by atoms with Gasteiger partial charge in [-0.15, -0.1) is 11.3 Å². The highest BCUT2D eigenvalue weighted by Gasteiger charge is 2.33. The number of rotatable bonds is 5. The third kappa shape index (κ3) is 4.25. The highest BCUT2D eigenvalue weighted by Crippen LogP contribution is 2.27. The quantitative estimate of drug-likeness (QED) is 0.711. The molecule has 0 radical (unpaired) electrons. The second kappa shape index (κ2) is 8.17. The Kier molecular flexibility index (Phi) is 5.78. The van der Waals surface area contributed by atoms with Crippen molar-refractivity contribution in [1.29, 1.82) is 0 Å². The molecule has 0 aromatic carbocycles. The van der Waals surface area contributed by atoms with E-state index in [9.17, 15) is 13.2 Å². The van der Waals surface area contributed by atoms with Crippen LogP contribution in [-0.4, -0.2) is 72.7 Å². The number of nitrogens with zero attached hydrogens (tertiary/aromatic N) is 4. The van der Waals surface area contributed by atoms with E-state index in [1.165, 1.54) is 10.4 Å². The molecule has 2 fully saturated rings. The van der Waals surface area contributed by atoms with Crippen molar-refractivity contribution in [2.75, 3.05) is 39.3 Å². The van der Waals surface area contributed by atoms with Gasteiger partial charge in [-0.05, 0) is 26.7 Å². The van der Waals surface area contributed by atoms with Crippen LogP contribution in [0, 0.1) is 13.8 Å². The first-order valence-electron chi connectivity index (χ1n) is 9.88. The lowest BCUT2D eigenvalue weighted by atomic mass is 10.2. The molecule has 2 aromatic rings. The molecule has 10 heteroatoms. The van der Waals surface area contributed by atoms with Crippen LogP contribution in [0.2, 0.25) is 0 Å². The van der Waals surface area contributed by atoms with Crippen molar-refractivity contribution in [3.8, 4) is 0 Å². The average molecular weight is 439 g/mol. The zero-order valence-electron chi connectivity index (χ0n) is 16.8. The zero-order valence-corrected chi connectivity index (χ0v) is 18.4. The van der Waals surface area contributed by atoms with Crippen LogP contribution in [0.3, 0.4) is 0 Å². The number of furan rings is 1. The van der Waals surface area contributed by atoms with E-state index in [2.05, 4.69) is 15.3 Å². The fraction of sp³-hybridized carbons (Fsp3) is 0.579. The van der Waals surface area contributed by atoms with Crippen molar-refractivity contribution < 1.29 is 17.6 Å². The second-order valence-electron chi connectivity index (χ2n) is 7.57. The maximum atomic E-state index is 12.9. The average Bonchev–Trinajstić information content (AvgIpc) is 3.43. The summed E-state index contributed by atoms with van der Waals surface area (Å²) in [6.45, 7) is 8.09. The number of aryl methyl sites for hydroxylation is 2. The largest absolute Gasteiger partial charge is 0.455 e. The highest BCUT2D eigenvalue weighted by molar-refractivity contribution is 7.89. The molecule has 2 aliphatic heterocycles. The minimum atomic E-state index is -3.60. The molecule has 0 aliphatic carbocycles. The van der Waals surface area contributed by atoms with Crippen molar-refractivity contribution in [1.82, 2.24) is 19.1 Å². The summed E-state index contributed by atoms with van der Waals surface area (Å²) in [7, 11) is -3.60. The molecule has 2 aliphatic rings. The van der Waals surface area contributed by atoms with Crippen LogP contribution in [0.1, 0.15) is 39.9 Å². The number of piperazine rings is 1. The minimum Gasteiger partial charge on any atom is -0.455 e. The summed E-state index contributed by atoms with van der Waals surface area (Å²) in [5.41, 5.74) is 1.06. The molecular formula is C19H26N4O4S2. The van der Waals surface area contributed by atoms with Crippen molar-refractivity contribution >= 4 is 27.3 Å². The van der Waals surface area contributed by atoms with Crippen molar-refractivity contribution in [2.24, 2.45) is 0 Å². The van der Waals surface area contributed by atoms with E-state index >= 15 is 0 Å². The van der Waals surface area contributed by atoms with E-state index in [0.29, 0.717) is 26.2 Å². The van der Waals surface area contributed by atoms with E-state index in [0.717, 1.165) is 43.2 Å². The summed E-state index contributed by atoms with van der Waals surface area (Å²) >= 11 is 1.64. The fourth-order valence-corrected chi connectivity index (χ4v) is 6.15. The Morgan fingerprint density at radius 2 is 1.83 bits per heavy atom. The normalized spacial score (nSPS) is 19.2. The first kappa shape index (κ1) is 20.5. The van der Waals surface area contributed by atoms with Crippen molar-refractivity contribution in [3.63, 3.8) is 0 Å². The zero-order chi connectivity index (χ0) is 20.6. The Labute approximate surface area is 175 Å². The predicted molar refractivity (Wildman–Crippen MR) is 109 cm³/mol. The van der Waals surface area contributed by atoms with Crippen LogP contribution in [0.15, 0.2) is 20.8 Å². The molecule has 158 valence electrons. The maximum absolute atomic E-state index is 12.9. The van der Waals surface area contributed by atoms with E-state index in [1.54, 1.807) is 23.2 Å². The van der Waals surface area contributed by atoms with Gasteiger partial charge in [0.05, 0.1) is 10.7 Å². The summed E-state index contributed by atoms with van der Waals surface area (Å²) in [5.74, 6) is 0.127. The summed E-state index contributed by atoms with van der Waals surface area (Å²) in [6.07, 6.45) is 1.74. The van der Waals surface area contributed by atoms with Gasteiger partial charge in [0.25, 0.3) is 5.91 Å².